The highest BCUT2D eigenvalue weighted by molar-refractivity contribution is 7.92. The van der Waals surface area contributed by atoms with E-state index in [4.69, 9.17) is 9.47 Å². The Bertz CT molecular complexity index is 1400. The Morgan fingerprint density at radius 1 is 0.941 bits per heavy atom. The molecule has 1 amide bonds. The molecule has 1 aromatic heterocycles. The fourth-order valence-corrected chi connectivity index (χ4v) is 4.19. The highest BCUT2D eigenvalue weighted by Crippen LogP contribution is 2.31. The second kappa shape index (κ2) is 9.63. The lowest BCUT2D eigenvalue weighted by molar-refractivity contribution is 0.102. The Kier molecular flexibility index (Phi) is 6.46. The topological polar surface area (TPSA) is 135 Å². The summed E-state index contributed by atoms with van der Waals surface area (Å²) in [5.41, 5.74) is 1.27. The maximum atomic E-state index is 12.6. The maximum absolute atomic E-state index is 12.6. The Morgan fingerprint density at radius 2 is 1.68 bits per heavy atom. The number of sulfonamides is 1. The standard InChI is InChI=1S/C23H21N5O5S/c1-32-17-12-13-19(20(14-17)33-2)21-24-23(27-26-21)25-22(29)15-8-10-16(11-9-15)28-34(30,31)18-6-4-3-5-7-18/h3-14,28H,1-2H3,(H2,24,25,26,27,29). The average molecular weight is 480 g/mol. The fourth-order valence-electron chi connectivity index (χ4n) is 3.11. The molecule has 0 radical (unpaired) electrons. The zero-order valence-corrected chi connectivity index (χ0v) is 19.1. The Balaban J connectivity index is 1.45. The monoisotopic (exact) mass is 479 g/mol. The lowest BCUT2D eigenvalue weighted by Crippen LogP contribution is -2.14. The maximum Gasteiger partial charge on any atom is 0.261 e. The minimum Gasteiger partial charge on any atom is -0.497 e. The first-order chi connectivity index (χ1) is 16.4. The molecule has 3 aromatic carbocycles. The van der Waals surface area contributed by atoms with Gasteiger partial charge in [0.2, 0.25) is 5.95 Å². The molecule has 174 valence electrons. The molecule has 0 saturated carbocycles. The van der Waals surface area contributed by atoms with Crippen LogP contribution in [0.1, 0.15) is 10.4 Å². The first-order valence-electron chi connectivity index (χ1n) is 10.0. The summed E-state index contributed by atoms with van der Waals surface area (Å²) in [6.07, 6.45) is 0. The number of nitrogens with zero attached hydrogens (tertiary/aromatic N) is 2. The number of hydrogen-bond acceptors (Lipinski definition) is 7. The molecule has 11 heteroatoms. The van der Waals surface area contributed by atoms with Crippen LogP contribution in [0.4, 0.5) is 11.6 Å². The third-order valence-electron chi connectivity index (χ3n) is 4.83. The van der Waals surface area contributed by atoms with Crippen LogP contribution < -0.4 is 19.5 Å². The number of H-pyrrole nitrogens is 1. The van der Waals surface area contributed by atoms with E-state index in [2.05, 4.69) is 25.2 Å². The van der Waals surface area contributed by atoms with E-state index in [9.17, 15) is 13.2 Å². The predicted molar refractivity (Wildman–Crippen MR) is 127 cm³/mol. The third-order valence-corrected chi connectivity index (χ3v) is 6.22. The summed E-state index contributed by atoms with van der Waals surface area (Å²) in [6, 6.07) is 19.2. The van der Waals surface area contributed by atoms with Crippen LogP contribution in [0.5, 0.6) is 11.5 Å². The summed E-state index contributed by atoms with van der Waals surface area (Å²) in [5.74, 6) is 1.18. The van der Waals surface area contributed by atoms with Gasteiger partial charge in [-0.2, -0.15) is 4.98 Å². The number of nitrogens with one attached hydrogen (secondary N) is 3. The zero-order valence-electron chi connectivity index (χ0n) is 18.3. The molecule has 1 heterocycles. The number of hydrogen-bond donors (Lipinski definition) is 3. The number of benzene rings is 3. The summed E-state index contributed by atoms with van der Waals surface area (Å²) in [5, 5.41) is 9.40. The van der Waals surface area contributed by atoms with Gasteiger partial charge in [-0.1, -0.05) is 18.2 Å². The van der Waals surface area contributed by atoms with Crippen molar-refractivity contribution in [3.05, 3.63) is 78.4 Å². The van der Waals surface area contributed by atoms with E-state index in [0.29, 0.717) is 34.1 Å². The van der Waals surface area contributed by atoms with Crippen LogP contribution in [-0.2, 0) is 10.0 Å². The summed E-state index contributed by atoms with van der Waals surface area (Å²) >= 11 is 0. The zero-order chi connectivity index (χ0) is 24.1. The van der Waals surface area contributed by atoms with Crippen molar-refractivity contribution in [2.24, 2.45) is 0 Å². The van der Waals surface area contributed by atoms with Crippen molar-refractivity contribution >= 4 is 27.6 Å². The van der Waals surface area contributed by atoms with Crippen molar-refractivity contribution in [2.75, 3.05) is 24.3 Å². The molecule has 0 bridgehead atoms. The molecule has 3 N–H and O–H groups in total. The third kappa shape index (κ3) is 4.99. The highest BCUT2D eigenvalue weighted by atomic mass is 32.2. The first kappa shape index (κ1) is 22.8. The lowest BCUT2D eigenvalue weighted by atomic mass is 10.2. The second-order valence-electron chi connectivity index (χ2n) is 7.02. The van der Waals surface area contributed by atoms with Gasteiger partial charge in [0, 0.05) is 17.3 Å². The van der Waals surface area contributed by atoms with E-state index in [1.165, 1.54) is 43.5 Å². The molecule has 34 heavy (non-hydrogen) atoms. The second-order valence-corrected chi connectivity index (χ2v) is 8.71. The summed E-state index contributed by atoms with van der Waals surface area (Å²) in [6.45, 7) is 0. The number of anilines is 2. The number of amides is 1. The van der Waals surface area contributed by atoms with Crippen molar-refractivity contribution in [2.45, 2.75) is 4.90 Å². The van der Waals surface area contributed by atoms with Gasteiger partial charge in [-0.05, 0) is 48.5 Å². The van der Waals surface area contributed by atoms with Gasteiger partial charge in [0.05, 0.1) is 24.7 Å². The van der Waals surface area contributed by atoms with E-state index >= 15 is 0 Å². The van der Waals surface area contributed by atoms with Gasteiger partial charge in [0.25, 0.3) is 15.9 Å². The molecule has 0 atom stereocenters. The van der Waals surface area contributed by atoms with E-state index in [1.807, 2.05) is 0 Å². The minimum atomic E-state index is -3.72. The molecule has 0 unspecified atom stereocenters. The van der Waals surface area contributed by atoms with Gasteiger partial charge in [-0.15, -0.1) is 5.10 Å². The van der Waals surface area contributed by atoms with Gasteiger partial charge in [0.15, 0.2) is 5.82 Å². The van der Waals surface area contributed by atoms with E-state index < -0.39 is 15.9 Å². The Morgan fingerprint density at radius 3 is 2.35 bits per heavy atom. The molecule has 0 spiro atoms. The molecule has 0 saturated heterocycles. The van der Waals surface area contributed by atoms with Gasteiger partial charge in [-0.3, -0.25) is 19.9 Å². The molecule has 0 aliphatic carbocycles. The minimum absolute atomic E-state index is 0.0757. The van der Waals surface area contributed by atoms with Gasteiger partial charge in [-0.25, -0.2) is 8.42 Å². The number of carbonyl (C=O) groups is 1. The molecule has 4 aromatic rings. The van der Waals surface area contributed by atoms with Crippen LogP contribution in [0.2, 0.25) is 0 Å². The molecular weight excluding hydrogens is 458 g/mol. The molecule has 0 aliphatic rings. The lowest BCUT2D eigenvalue weighted by Gasteiger charge is -2.08. The predicted octanol–water partition coefficient (Wildman–Crippen LogP) is 3.54. The largest absolute Gasteiger partial charge is 0.497 e. The van der Waals surface area contributed by atoms with Crippen molar-refractivity contribution in [3.8, 4) is 22.9 Å². The fraction of sp³-hybridized carbons (Fsp3) is 0.0870. The summed E-state index contributed by atoms with van der Waals surface area (Å²) in [4.78, 5) is 17.0. The number of aromatic amines is 1. The van der Waals surface area contributed by atoms with Crippen LogP contribution in [0.3, 0.4) is 0 Å². The molecule has 0 aliphatic heterocycles. The quantitative estimate of drug-likeness (QED) is 0.352. The van der Waals surface area contributed by atoms with Gasteiger partial charge in [0.1, 0.15) is 11.5 Å². The molecule has 0 fully saturated rings. The number of carbonyl (C=O) groups excluding carboxylic acids is 1. The van der Waals surface area contributed by atoms with Crippen molar-refractivity contribution in [1.29, 1.82) is 0 Å². The van der Waals surface area contributed by atoms with Crippen LogP contribution in [0.25, 0.3) is 11.4 Å². The summed E-state index contributed by atoms with van der Waals surface area (Å²) in [7, 11) is -0.636. The Labute approximate surface area is 196 Å². The number of methoxy groups -OCH3 is 2. The van der Waals surface area contributed by atoms with Crippen molar-refractivity contribution in [3.63, 3.8) is 0 Å². The van der Waals surface area contributed by atoms with Gasteiger partial charge >= 0.3 is 0 Å². The van der Waals surface area contributed by atoms with Crippen molar-refractivity contribution < 1.29 is 22.7 Å². The number of rotatable bonds is 8. The van der Waals surface area contributed by atoms with Crippen LogP contribution in [0.15, 0.2) is 77.7 Å². The Hall–Kier alpha value is -4.38. The summed E-state index contributed by atoms with van der Waals surface area (Å²) < 4.78 is 37.9. The average Bonchev–Trinajstić information content (AvgIpc) is 3.32. The SMILES string of the molecule is COc1ccc(-c2nc(NC(=O)c3ccc(NS(=O)(=O)c4ccccc4)cc3)n[nH]2)c(OC)c1. The van der Waals surface area contributed by atoms with E-state index in [1.54, 1.807) is 43.5 Å². The van der Waals surface area contributed by atoms with Crippen LogP contribution in [0, 0.1) is 0 Å². The number of aromatic nitrogens is 3. The first-order valence-corrected chi connectivity index (χ1v) is 11.5. The highest BCUT2D eigenvalue weighted by Gasteiger charge is 2.16. The number of ether oxygens (including phenoxy) is 2. The van der Waals surface area contributed by atoms with Gasteiger partial charge < -0.3 is 9.47 Å². The van der Waals surface area contributed by atoms with E-state index in [-0.39, 0.29) is 10.8 Å². The molecular formula is C23H21N5O5S. The van der Waals surface area contributed by atoms with E-state index in [0.717, 1.165) is 0 Å². The smallest absolute Gasteiger partial charge is 0.261 e. The molecule has 4 rings (SSSR count). The van der Waals surface area contributed by atoms with Crippen LogP contribution in [-0.4, -0.2) is 43.7 Å². The normalized spacial score (nSPS) is 11.0. The van der Waals surface area contributed by atoms with Crippen molar-refractivity contribution in [1.82, 2.24) is 15.2 Å². The van der Waals surface area contributed by atoms with Crippen LogP contribution >= 0.6 is 0 Å². The molecule has 10 nitrogen and oxygen atoms in total.